The normalized spacial score (nSPS) is 18.1. The Balaban J connectivity index is 0.00000408. The van der Waals surface area contributed by atoms with Gasteiger partial charge >= 0.3 is 7.12 Å². The Morgan fingerprint density at radius 3 is 2.06 bits per heavy atom. The van der Waals surface area contributed by atoms with Crippen LogP contribution in [0, 0.1) is 0 Å². The zero-order valence-corrected chi connectivity index (χ0v) is 21.5. The zero-order chi connectivity index (χ0) is 23.9. The third-order valence-electron chi connectivity index (χ3n) is 6.50. The molecule has 1 aliphatic rings. The lowest BCUT2D eigenvalue weighted by atomic mass is 9.75. The van der Waals surface area contributed by atoms with Gasteiger partial charge in [-0.15, -0.1) is 12.4 Å². The predicted octanol–water partition coefficient (Wildman–Crippen LogP) is 4.09. The van der Waals surface area contributed by atoms with Crippen LogP contribution < -0.4 is 11.1 Å². The first-order valence-corrected chi connectivity index (χ1v) is 11.8. The Hall–Kier alpha value is -1.90. The molecule has 0 aliphatic carbocycles. The minimum absolute atomic E-state index is 0. The highest BCUT2D eigenvalue weighted by molar-refractivity contribution is 6.48. The molecule has 0 spiro atoms. The van der Waals surface area contributed by atoms with Gasteiger partial charge in [0.2, 0.25) is 5.91 Å². The summed E-state index contributed by atoms with van der Waals surface area (Å²) in [5.41, 5.74) is 7.50. The molecule has 186 valence electrons. The van der Waals surface area contributed by atoms with Crippen molar-refractivity contribution in [3.8, 4) is 0 Å². The van der Waals surface area contributed by atoms with E-state index < -0.39 is 24.4 Å². The SMILES string of the molecule is CC1(C)OB([C@H](CCCc2ccccc2)NC(=O)[C@H](N)COCc2ccccc2)OC1(C)C.Cl. The van der Waals surface area contributed by atoms with Crippen molar-refractivity contribution in [3.63, 3.8) is 0 Å². The van der Waals surface area contributed by atoms with Crippen molar-refractivity contribution in [1.82, 2.24) is 5.32 Å². The molecule has 0 bridgehead atoms. The molecule has 0 aromatic heterocycles. The average Bonchev–Trinajstić information content (AvgIpc) is 3.01. The first-order valence-electron chi connectivity index (χ1n) is 11.8. The molecule has 6 nitrogen and oxygen atoms in total. The third-order valence-corrected chi connectivity index (χ3v) is 6.50. The molecule has 1 fully saturated rings. The van der Waals surface area contributed by atoms with Crippen molar-refractivity contribution in [2.45, 2.75) is 76.7 Å². The number of aryl methyl sites for hydroxylation is 1. The van der Waals surface area contributed by atoms with Gasteiger partial charge in [-0.1, -0.05) is 60.7 Å². The number of nitrogens with two attached hydrogens (primary N) is 1. The van der Waals surface area contributed by atoms with Gasteiger partial charge in [-0.25, -0.2) is 0 Å². The lowest BCUT2D eigenvalue weighted by Gasteiger charge is -2.32. The number of amides is 1. The van der Waals surface area contributed by atoms with E-state index in [9.17, 15) is 4.79 Å². The molecule has 2 atom stereocenters. The van der Waals surface area contributed by atoms with E-state index in [1.807, 2.05) is 76.2 Å². The van der Waals surface area contributed by atoms with Crippen LogP contribution in [-0.4, -0.2) is 42.8 Å². The van der Waals surface area contributed by atoms with E-state index in [1.165, 1.54) is 5.56 Å². The first kappa shape index (κ1) is 28.3. The van der Waals surface area contributed by atoms with Gasteiger partial charge < -0.3 is 25.1 Å². The van der Waals surface area contributed by atoms with E-state index in [1.54, 1.807) is 0 Å². The standard InChI is InChI=1S/C26H37BN2O4.ClH/c1-25(2)26(3,4)33-27(32-25)23(17-11-16-20-12-7-5-8-13-20)29-24(30)22(28)19-31-18-21-14-9-6-10-15-21;/h5-10,12-15,22-23H,11,16-19,28H2,1-4H3,(H,29,30);1H/t22-,23+;/m1./s1. The molecule has 0 radical (unpaired) electrons. The van der Waals surface area contributed by atoms with E-state index in [0.717, 1.165) is 24.8 Å². The fourth-order valence-electron chi connectivity index (χ4n) is 3.74. The summed E-state index contributed by atoms with van der Waals surface area (Å²) < 4.78 is 18.1. The Kier molecular flexibility index (Phi) is 10.6. The number of benzene rings is 2. The van der Waals surface area contributed by atoms with Gasteiger partial charge in [0.25, 0.3) is 0 Å². The largest absolute Gasteiger partial charge is 0.481 e. The smallest absolute Gasteiger partial charge is 0.402 e. The Morgan fingerprint density at radius 1 is 0.971 bits per heavy atom. The summed E-state index contributed by atoms with van der Waals surface area (Å²) in [6, 6.07) is 19.4. The van der Waals surface area contributed by atoms with Gasteiger partial charge in [-0.3, -0.25) is 4.79 Å². The van der Waals surface area contributed by atoms with Gasteiger partial charge in [0.05, 0.1) is 30.4 Å². The number of hydrogen-bond acceptors (Lipinski definition) is 5. The molecule has 0 unspecified atom stereocenters. The molecule has 34 heavy (non-hydrogen) atoms. The summed E-state index contributed by atoms with van der Waals surface area (Å²) in [5.74, 6) is -0.565. The number of rotatable bonds is 11. The van der Waals surface area contributed by atoms with Crippen LogP contribution in [0.3, 0.4) is 0 Å². The summed E-state index contributed by atoms with van der Waals surface area (Å²) in [6.07, 6.45) is 2.52. The summed E-state index contributed by atoms with van der Waals surface area (Å²) >= 11 is 0. The van der Waals surface area contributed by atoms with E-state index in [-0.39, 0.29) is 30.9 Å². The minimum atomic E-state index is -0.771. The highest BCUT2D eigenvalue weighted by atomic mass is 35.5. The average molecular weight is 489 g/mol. The molecule has 3 N–H and O–H groups in total. The number of carbonyl (C=O) groups is 1. The quantitative estimate of drug-likeness (QED) is 0.466. The van der Waals surface area contributed by atoms with Crippen molar-refractivity contribution >= 4 is 25.4 Å². The van der Waals surface area contributed by atoms with Crippen LogP contribution in [0.15, 0.2) is 60.7 Å². The summed E-state index contributed by atoms with van der Waals surface area (Å²) in [7, 11) is -0.535. The second kappa shape index (κ2) is 12.7. The molecule has 1 saturated heterocycles. The monoisotopic (exact) mass is 488 g/mol. The number of nitrogens with one attached hydrogen (secondary N) is 1. The van der Waals surface area contributed by atoms with Crippen molar-refractivity contribution in [1.29, 1.82) is 0 Å². The van der Waals surface area contributed by atoms with E-state index in [0.29, 0.717) is 6.61 Å². The van der Waals surface area contributed by atoms with Gasteiger partial charge in [-0.05, 0) is 58.1 Å². The Labute approximate surface area is 210 Å². The van der Waals surface area contributed by atoms with Gasteiger partial charge in [-0.2, -0.15) is 0 Å². The lowest BCUT2D eigenvalue weighted by molar-refractivity contribution is -0.124. The van der Waals surface area contributed by atoms with Crippen molar-refractivity contribution in [3.05, 3.63) is 71.8 Å². The fraction of sp³-hybridized carbons (Fsp3) is 0.500. The van der Waals surface area contributed by atoms with Crippen LogP contribution in [0.2, 0.25) is 0 Å². The van der Waals surface area contributed by atoms with E-state index in [2.05, 4.69) is 17.4 Å². The van der Waals surface area contributed by atoms with Crippen LogP contribution >= 0.6 is 12.4 Å². The molecule has 3 rings (SSSR count). The van der Waals surface area contributed by atoms with Crippen molar-refractivity contribution < 1.29 is 18.8 Å². The predicted molar refractivity (Wildman–Crippen MR) is 139 cm³/mol. The molecule has 0 saturated carbocycles. The van der Waals surface area contributed by atoms with Gasteiger partial charge in [0, 0.05) is 0 Å². The second-order valence-electron chi connectivity index (χ2n) is 9.72. The number of halogens is 1. The molecular formula is C26H38BClN2O4. The highest BCUT2D eigenvalue weighted by Crippen LogP contribution is 2.38. The highest BCUT2D eigenvalue weighted by Gasteiger charge is 2.54. The van der Waals surface area contributed by atoms with Crippen LogP contribution in [0.5, 0.6) is 0 Å². The van der Waals surface area contributed by atoms with Crippen molar-refractivity contribution in [2.24, 2.45) is 5.73 Å². The molecule has 8 heteroatoms. The first-order chi connectivity index (χ1) is 15.7. The van der Waals surface area contributed by atoms with Gasteiger partial charge in [0.1, 0.15) is 6.04 Å². The topological polar surface area (TPSA) is 82.8 Å². The number of ether oxygens (including phenoxy) is 1. The maximum atomic E-state index is 12.9. The van der Waals surface area contributed by atoms with Crippen LogP contribution in [0.1, 0.15) is 51.7 Å². The summed E-state index contributed by atoms with van der Waals surface area (Å²) in [4.78, 5) is 12.9. The molecule has 1 aliphatic heterocycles. The maximum Gasteiger partial charge on any atom is 0.481 e. The zero-order valence-electron chi connectivity index (χ0n) is 20.7. The Morgan fingerprint density at radius 2 is 1.50 bits per heavy atom. The van der Waals surface area contributed by atoms with Crippen LogP contribution in [0.25, 0.3) is 0 Å². The third kappa shape index (κ3) is 7.82. The van der Waals surface area contributed by atoms with Crippen LogP contribution in [0.4, 0.5) is 0 Å². The fourth-order valence-corrected chi connectivity index (χ4v) is 3.74. The molecule has 2 aromatic rings. The Bertz CT molecular complexity index is 867. The van der Waals surface area contributed by atoms with E-state index >= 15 is 0 Å². The summed E-state index contributed by atoms with van der Waals surface area (Å²) in [5, 5.41) is 3.08. The summed E-state index contributed by atoms with van der Waals surface area (Å²) in [6.45, 7) is 8.61. The number of carbonyl (C=O) groups excluding carboxylic acids is 1. The molecule has 1 amide bonds. The maximum absolute atomic E-state index is 12.9. The van der Waals surface area contributed by atoms with Gasteiger partial charge in [0.15, 0.2) is 0 Å². The molecular weight excluding hydrogens is 451 g/mol. The molecule has 1 heterocycles. The second-order valence-corrected chi connectivity index (χ2v) is 9.72. The van der Waals surface area contributed by atoms with Crippen molar-refractivity contribution in [2.75, 3.05) is 6.61 Å². The lowest BCUT2D eigenvalue weighted by Crippen LogP contribution is -2.53. The molecule has 2 aromatic carbocycles. The minimum Gasteiger partial charge on any atom is -0.402 e. The van der Waals surface area contributed by atoms with E-state index in [4.69, 9.17) is 19.8 Å². The number of hydrogen-bond donors (Lipinski definition) is 2. The van der Waals surface area contributed by atoms with Crippen LogP contribution in [-0.2, 0) is 31.9 Å².